The van der Waals surface area contributed by atoms with E-state index in [4.69, 9.17) is 0 Å². The van der Waals surface area contributed by atoms with Crippen molar-refractivity contribution in [3.8, 4) is 0 Å². The predicted molar refractivity (Wildman–Crippen MR) is 246 cm³/mol. The van der Waals surface area contributed by atoms with Crippen molar-refractivity contribution in [2.75, 3.05) is 0 Å². The number of halogens is 4. The SMILES string of the molecule is O=C([O-])c1ccc(F)cc1.O=C([O-])c1ccc(F)cc1.O=C([O-])c1ccc(F)cc1.O=C([O-])c1ccc(F)cc1.O=[N+]([O-])c1ccccc1.O=[N+]([O-])c1ccccc1.[Ru+2].[Ru+2].c1ccc2nc3ccccc3nc2c1. The Kier molecular flexibility index (Phi) is 28.6. The van der Waals surface area contributed by atoms with Crippen molar-refractivity contribution < 1.29 is 106 Å². The average molecular weight is 1180 g/mol. The van der Waals surface area contributed by atoms with Crippen molar-refractivity contribution in [1.82, 2.24) is 9.97 Å². The zero-order valence-electron chi connectivity index (χ0n) is 37.5. The van der Waals surface area contributed by atoms with Gasteiger partial charge in [0.05, 0.1) is 55.8 Å². The standard InChI is InChI=1S/C12H8N2.4C7H5FO2.2C6H5NO2.2Ru/c1-2-6-10-9(5-1)13-11-7-3-4-8-12(11)14-10;4*8-6-3-1-5(2-4-6)7(9)10;2*8-7(9)6-4-2-1-3-5-6;;/h1-8H;4*1-4H,(H,9,10);2*1-5H;;/q;;;;;;;2*+2/p-4. The molecule has 1 heterocycles. The van der Waals surface area contributed by atoms with Gasteiger partial charge < -0.3 is 39.6 Å². The summed E-state index contributed by atoms with van der Waals surface area (Å²) < 4.78 is 48.5. The summed E-state index contributed by atoms with van der Waals surface area (Å²) in [7, 11) is 0. The third kappa shape index (κ3) is 23.7. The van der Waals surface area contributed by atoms with Crippen LogP contribution in [0, 0.1) is 43.5 Å². The Morgan fingerprint density at radius 3 is 0.635 bits per heavy atom. The molecule has 0 saturated heterocycles. The number of nitro groups is 2. The number of carbonyl (C=O) groups is 4. The Labute approximate surface area is 443 Å². The third-order valence-corrected chi connectivity index (χ3v) is 8.50. The Bertz CT molecular complexity index is 2810. The average Bonchev–Trinajstić information content (AvgIpc) is 3.38. The van der Waals surface area contributed by atoms with E-state index in [1.165, 1.54) is 24.3 Å². The molecule has 0 amide bonds. The van der Waals surface area contributed by atoms with Gasteiger partial charge >= 0.3 is 39.0 Å². The minimum absolute atomic E-state index is 0. The minimum Gasteiger partial charge on any atom is -0.545 e. The van der Waals surface area contributed by atoms with Gasteiger partial charge in [0.1, 0.15) is 23.3 Å². The van der Waals surface area contributed by atoms with Crippen molar-refractivity contribution in [1.29, 1.82) is 0 Å². The Morgan fingerprint density at radius 2 is 0.486 bits per heavy atom. The molecule has 0 atom stereocenters. The van der Waals surface area contributed by atoms with Gasteiger partial charge in [0, 0.05) is 24.3 Å². The first kappa shape index (κ1) is 63.0. The second-order valence-electron chi connectivity index (χ2n) is 13.6. The van der Waals surface area contributed by atoms with Crippen molar-refractivity contribution in [3.63, 3.8) is 0 Å². The topological polar surface area (TPSA) is 273 Å². The van der Waals surface area contributed by atoms with E-state index in [2.05, 4.69) is 9.97 Å². The van der Waals surface area contributed by atoms with E-state index in [-0.39, 0.29) is 72.6 Å². The molecule has 74 heavy (non-hydrogen) atoms. The number of non-ortho nitro benzene ring substituents is 2. The number of carbonyl (C=O) groups excluding carboxylic acids is 4. The monoisotopic (exact) mass is 1190 g/mol. The fourth-order valence-electron chi connectivity index (χ4n) is 5.01. The number of para-hydroxylation sites is 6. The first-order valence-corrected chi connectivity index (χ1v) is 20.2. The maximum atomic E-state index is 12.1. The Balaban J connectivity index is 0.000000432. The molecule has 22 heteroatoms. The van der Waals surface area contributed by atoms with Crippen LogP contribution in [0.3, 0.4) is 0 Å². The van der Waals surface area contributed by atoms with Crippen LogP contribution < -0.4 is 20.4 Å². The first-order chi connectivity index (χ1) is 34.3. The van der Waals surface area contributed by atoms with Crippen LogP contribution in [-0.4, -0.2) is 43.7 Å². The number of hydrogen-bond acceptors (Lipinski definition) is 14. The van der Waals surface area contributed by atoms with Gasteiger partial charge in [-0.2, -0.15) is 0 Å². The smallest absolute Gasteiger partial charge is 0.545 e. The van der Waals surface area contributed by atoms with Crippen LogP contribution in [0.15, 0.2) is 206 Å². The van der Waals surface area contributed by atoms with Crippen molar-refractivity contribution in [2.45, 2.75) is 0 Å². The number of aromatic nitrogens is 2. The summed E-state index contributed by atoms with van der Waals surface area (Å²) in [6, 6.07) is 49.6. The van der Waals surface area contributed by atoms with Crippen molar-refractivity contribution in [3.05, 3.63) is 272 Å². The van der Waals surface area contributed by atoms with E-state index in [9.17, 15) is 77.4 Å². The Morgan fingerprint density at radius 1 is 0.311 bits per heavy atom. The van der Waals surface area contributed by atoms with E-state index in [1.54, 1.807) is 36.4 Å². The molecule has 9 rings (SSSR count). The minimum atomic E-state index is -1.29. The zero-order valence-corrected chi connectivity index (χ0v) is 41.0. The molecule has 0 aliphatic carbocycles. The van der Waals surface area contributed by atoms with Crippen LogP contribution in [0.2, 0.25) is 0 Å². The van der Waals surface area contributed by atoms with Crippen molar-refractivity contribution >= 4 is 57.3 Å². The summed E-state index contributed by atoms with van der Waals surface area (Å²) in [6.07, 6.45) is 0. The fraction of sp³-hybridized carbons (Fsp3) is 0. The largest absolute Gasteiger partial charge is 2.00 e. The molecule has 0 radical (unpaired) electrons. The van der Waals surface area contributed by atoms with Crippen molar-refractivity contribution in [2.24, 2.45) is 0 Å². The molecular weight excluding hydrogens is 1150 g/mol. The van der Waals surface area contributed by atoms with Crippen LogP contribution in [0.5, 0.6) is 0 Å². The summed E-state index contributed by atoms with van der Waals surface area (Å²) in [5, 5.41) is 60.3. The molecule has 16 nitrogen and oxygen atoms in total. The molecule has 0 spiro atoms. The summed E-state index contributed by atoms with van der Waals surface area (Å²) in [6.45, 7) is 0. The first-order valence-electron chi connectivity index (χ1n) is 20.2. The molecule has 1 aromatic heterocycles. The van der Waals surface area contributed by atoms with Gasteiger partial charge in [-0.05, 0) is 95.1 Å². The molecule has 0 aliphatic heterocycles. The van der Waals surface area contributed by atoms with Gasteiger partial charge in [0.25, 0.3) is 11.4 Å². The number of nitrogens with zero attached hydrogens (tertiary/aromatic N) is 4. The van der Waals surface area contributed by atoms with E-state index >= 15 is 0 Å². The van der Waals surface area contributed by atoms with Crippen LogP contribution in [0.25, 0.3) is 22.1 Å². The number of carboxylic acid groups (broad SMARTS) is 4. The third-order valence-electron chi connectivity index (χ3n) is 8.50. The predicted octanol–water partition coefficient (Wildman–Crippen LogP) is 6.72. The molecule has 0 unspecified atom stereocenters. The molecule has 8 aromatic carbocycles. The van der Waals surface area contributed by atoms with Gasteiger partial charge in [-0.15, -0.1) is 0 Å². The normalized spacial score (nSPS) is 9.24. The van der Waals surface area contributed by atoms with E-state index in [0.717, 1.165) is 119 Å². The number of benzene rings is 8. The number of hydrogen-bond donors (Lipinski definition) is 0. The van der Waals surface area contributed by atoms with E-state index in [1.807, 2.05) is 48.5 Å². The number of nitro benzene ring substituents is 2. The van der Waals surface area contributed by atoms with Crippen LogP contribution in [-0.2, 0) is 39.0 Å². The quantitative estimate of drug-likeness (QED) is 0.0550. The number of carboxylic acids is 4. The molecule has 0 saturated carbocycles. The molecule has 0 fully saturated rings. The van der Waals surface area contributed by atoms with Crippen LogP contribution in [0.4, 0.5) is 28.9 Å². The van der Waals surface area contributed by atoms with Gasteiger partial charge in [-0.3, -0.25) is 20.2 Å². The fourth-order valence-corrected chi connectivity index (χ4v) is 5.01. The Hall–Kier alpha value is -8.99. The molecule has 0 aliphatic rings. The maximum Gasteiger partial charge on any atom is 2.00 e. The summed E-state index contributed by atoms with van der Waals surface area (Å²) >= 11 is 0. The van der Waals surface area contributed by atoms with Gasteiger partial charge in [0.15, 0.2) is 0 Å². The molecule has 378 valence electrons. The maximum absolute atomic E-state index is 12.1. The second-order valence-corrected chi connectivity index (χ2v) is 13.6. The van der Waals surface area contributed by atoms with Crippen LogP contribution in [0.1, 0.15) is 41.4 Å². The van der Waals surface area contributed by atoms with E-state index < -0.39 is 57.0 Å². The van der Waals surface area contributed by atoms with E-state index in [0.29, 0.717) is 0 Å². The molecule has 0 N–H and O–H groups in total. The summed E-state index contributed by atoms with van der Waals surface area (Å²) in [4.78, 5) is 68.5. The zero-order chi connectivity index (χ0) is 53.0. The van der Waals surface area contributed by atoms with Crippen LogP contribution >= 0.6 is 0 Å². The summed E-state index contributed by atoms with van der Waals surface area (Å²) in [5.41, 5.74) is 4.02. The molecular formula is C52H34F4N4O12Ru2. The van der Waals surface area contributed by atoms with Gasteiger partial charge in [-0.1, -0.05) is 109 Å². The number of rotatable bonds is 6. The molecule has 0 bridgehead atoms. The number of fused-ring (bicyclic) bond motifs is 2. The number of aromatic carboxylic acids is 4. The van der Waals surface area contributed by atoms with Gasteiger partial charge in [0.2, 0.25) is 0 Å². The summed E-state index contributed by atoms with van der Waals surface area (Å²) in [5.74, 6) is -6.98. The van der Waals surface area contributed by atoms with Gasteiger partial charge in [-0.25, -0.2) is 27.5 Å². The molecule has 9 aromatic rings. The second kappa shape index (κ2) is 33.6.